The SMILES string of the molecule is CCCCCC(O)c1cccc(/C=C\CCCC(=O)[O-])c1.[Na+]. The molecule has 1 rings (SSSR count). The molecule has 0 saturated carbocycles. The summed E-state index contributed by atoms with van der Waals surface area (Å²) >= 11 is 0. The molecule has 0 amide bonds. The minimum Gasteiger partial charge on any atom is -0.550 e. The zero-order chi connectivity index (χ0) is 15.5. The van der Waals surface area contributed by atoms with E-state index < -0.39 is 12.1 Å². The average Bonchev–Trinajstić information content (AvgIpc) is 2.47. The number of unbranched alkanes of at least 4 members (excludes halogenated alkanes) is 3. The van der Waals surface area contributed by atoms with Gasteiger partial charge in [-0.3, -0.25) is 0 Å². The molecular weight excluding hydrogens is 287 g/mol. The van der Waals surface area contributed by atoms with E-state index in [-0.39, 0.29) is 36.0 Å². The first kappa shape index (κ1) is 21.4. The molecule has 0 spiro atoms. The molecule has 0 bridgehead atoms. The number of allylic oxidation sites excluding steroid dienone is 1. The number of hydrogen-bond acceptors (Lipinski definition) is 3. The Balaban J connectivity index is 0.00000441. The summed E-state index contributed by atoms with van der Waals surface area (Å²) in [5, 5.41) is 20.4. The fourth-order valence-corrected chi connectivity index (χ4v) is 2.21. The van der Waals surface area contributed by atoms with Crippen LogP contribution in [0.1, 0.15) is 69.1 Å². The molecular formula is C18H25NaO3. The van der Waals surface area contributed by atoms with E-state index in [2.05, 4.69) is 6.92 Å². The summed E-state index contributed by atoms with van der Waals surface area (Å²) in [7, 11) is 0. The van der Waals surface area contributed by atoms with Gasteiger partial charge in [0.1, 0.15) is 0 Å². The fraction of sp³-hybridized carbons (Fsp3) is 0.500. The Kier molecular flexibility index (Phi) is 12.5. The molecule has 1 N–H and O–H groups in total. The Morgan fingerprint density at radius 2 is 2.09 bits per heavy atom. The van der Waals surface area contributed by atoms with E-state index in [0.29, 0.717) is 6.42 Å². The van der Waals surface area contributed by atoms with E-state index in [1.54, 1.807) is 0 Å². The summed E-state index contributed by atoms with van der Waals surface area (Å²) in [6.45, 7) is 2.15. The number of rotatable bonds is 10. The Bertz CT molecular complexity index is 457. The molecule has 0 aliphatic carbocycles. The molecule has 1 atom stereocenters. The van der Waals surface area contributed by atoms with Crippen LogP contribution >= 0.6 is 0 Å². The van der Waals surface area contributed by atoms with Gasteiger partial charge in [0.05, 0.1) is 6.10 Å². The number of carboxylic acids is 1. The van der Waals surface area contributed by atoms with Crippen molar-refractivity contribution >= 4 is 12.0 Å². The quantitative estimate of drug-likeness (QED) is 0.497. The first-order valence-electron chi connectivity index (χ1n) is 7.78. The van der Waals surface area contributed by atoms with E-state index in [9.17, 15) is 15.0 Å². The van der Waals surface area contributed by atoms with Gasteiger partial charge in [0.15, 0.2) is 0 Å². The Labute approximate surface area is 155 Å². The summed E-state index contributed by atoms with van der Waals surface area (Å²) in [6.07, 6.45) is 9.09. The summed E-state index contributed by atoms with van der Waals surface area (Å²) in [5.41, 5.74) is 1.98. The molecule has 1 unspecified atom stereocenters. The topological polar surface area (TPSA) is 60.4 Å². The van der Waals surface area contributed by atoms with Crippen LogP contribution < -0.4 is 34.7 Å². The van der Waals surface area contributed by atoms with Crippen molar-refractivity contribution in [1.29, 1.82) is 0 Å². The number of carboxylic acid groups (broad SMARTS) is 1. The van der Waals surface area contributed by atoms with Gasteiger partial charge in [-0.05, 0) is 42.9 Å². The van der Waals surface area contributed by atoms with E-state index in [4.69, 9.17) is 0 Å². The maximum absolute atomic E-state index is 10.3. The van der Waals surface area contributed by atoms with E-state index >= 15 is 0 Å². The summed E-state index contributed by atoms with van der Waals surface area (Å²) in [5.74, 6) is -0.999. The van der Waals surface area contributed by atoms with Crippen LogP contribution in [-0.2, 0) is 4.79 Å². The maximum atomic E-state index is 10.3. The Hall–Kier alpha value is -0.610. The second kappa shape index (κ2) is 12.9. The number of hydrogen-bond donors (Lipinski definition) is 1. The van der Waals surface area contributed by atoms with Crippen LogP contribution in [0.15, 0.2) is 30.3 Å². The van der Waals surface area contributed by atoms with Crippen molar-refractivity contribution in [2.24, 2.45) is 0 Å². The number of carbonyl (C=O) groups is 1. The minimum absolute atomic E-state index is 0. The predicted octanol–water partition coefficient (Wildman–Crippen LogP) is 0.238. The van der Waals surface area contributed by atoms with Gasteiger partial charge in [0, 0.05) is 5.97 Å². The van der Waals surface area contributed by atoms with Gasteiger partial charge < -0.3 is 15.0 Å². The van der Waals surface area contributed by atoms with Crippen molar-refractivity contribution in [1.82, 2.24) is 0 Å². The van der Waals surface area contributed by atoms with Crippen LogP contribution in [0.2, 0.25) is 0 Å². The average molecular weight is 312 g/mol. The van der Waals surface area contributed by atoms with Crippen molar-refractivity contribution in [3.63, 3.8) is 0 Å². The Morgan fingerprint density at radius 3 is 2.77 bits per heavy atom. The Morgan fingerprint density at radius 1 is 1.32 bits per heavy atom. The molecule has 0 radical (unpaired) electrons. The van der Waals surface area contributed by atoms with Gasteiger partial charge in [0.2, 0.25) is 0 Å². The third-order valence-corrected chi connectivity index (χ3v) is 3.44. The van der Waals surface area contributed by atoms with E-state index in [1.165, 1.54) is 0 Å². The normalized spacial score (nSPS) is 12.1. The van der Waals surface area contributed by atoms with Crippen LogP contribution in [0, 0.1) is 0 Å². The molecule has 0 fully saturated rings. The van der Waals surface area contributed by atoms with Crippen molar-refractivity contribution in [3.05, 3.63) is 41.5 Å². The third kappa shape index (κ3) is 9.42. The number of aliphatic hydroxyl groups excluding tert-OH is 1. The van der Waals surface area contributed by atoms with Gasteiger partial charge >= 0.3 is 29.6 Å². The van der Waals surface area contributed by atoms with Crippen LogP contribution in [-0.4, -0.2) is 11.1 Å². The smallest absolute Gasteiger partial charge is 0.550 e. The summed E-state index contributed by atoms with van der Waals surface area (Å²) in [6, 6.07) is 7.87. The van der Waals surface area contributed by atoms with Gasteiger partial charge in [-0.15, -0.1) is 0 Å². The zero-order valence-electron chi connectivity index (χ0n) is 13.8. The summed E-state index contributed by atoms with van der Waals surface area (Å²) in [4.78, 5) is 10.3. The van der Waals surface area contributed by atoms with Crippen LogP contribution in [0.5, 0.6) is 0 Å². The van der Waals surface area contributed by atoms with Crippen LogP contribution in [0.4, 0.5) is 0 Å². The number of aliphatic carboxylic acids is 1. The van der Waals surface area contributed by atoms with Crippen molar-refractivity contribution in [2.45, 2.75) is 58.0 Å². The standard InChI is InChI=1S/C18H26O3.Na/c1-2-3-5-12-17(19)16-11-8-10-15(14-16)9-6-4-7-13-18(20)21;/h6,8-11,14,17,19H,2-5,7,12-13H2,1H3,(H,20,21);/q;+1/p-1/b9-6-;. The summed E-state index contributed by atoms with van der Waals surface area (Å²) < 4.78 is 0. The molecule has 1 aromatic carbocycles. The van der Waals surface area contributed by atoms with Crippen LogP contribution in [0.25, 0.3) is 6.08 Å². The molecule has 1 aromatic rings. The molecule has 4 heteroatoms. The second-order valence-electron chi connectivity index (χ2n) is 5.35. The molecule has 3 nitrogen and oxygen atoms in total. The first-order valence-corrected chi connectivity index (χ1v) is 7.78. The zero-order valence-corrected chi connectivity index (χ0v) is 15.8. The fourth-order valence-electron chi connectivity index (χ4n) is 2.21. The molecule has 0 aromatic heterocycles. The molecule has 0 aliphatic heterocycles. The van der Waals surface area contributed by atoms with Gasteiger partial charge in [0.25, 0.3) is 0 Å². The molecule has 0 aliphatic rings. The van der Waals surface area contributed by atoms with Gasteiger partial charge in [-0.2, -0.15) is 0 Å². The van der Waals surface area contributed by atoms with Crippen molar-refractivity contribution in [3.8, 4) is 0 Å². The second-order valence-corrected chi connectivity index (χ2v) is 5.35. The third-order valence-electron chi connectivity index (χ3n) is 3.44. The van der Waals surface area contributed by atoms with E-state index in [1.807, 2.05) is 36.4 Å². The predicted molar refractivity (Wildman–Crippen MR) is 83.4 cm³/mol. The van der Waals surface area contributed by atoms with Crippen molar-refractivity contribution in [2.75, 3.05) is 0 Å². The number of benzene rings is 1. The molecule has 22 heavy (non-hydrogen) atoms. The molecule has 0 heterocycles. The number of carbonyl (C=O) groups excluding carboxylic acids is 1. The van der Waals surface area contributed by atoms with E-state index in [0.717, 1.165) is 43.2 Å². The first-order chi connectivity index (χ1) is 10.1. The maximum Gasteiger partial charge on any atom is 1.00 e. The molecule has 0 saturated heterocycles. The van der Waals surface area contributed by atoms with Gasteiger partial charge in [-0.25, -0.2) is 0 Å². The van der Waals surface area contributed by atoms with Crippen molar-refractivity contribution < 1.29 is 44.6 Å². The largest absolute Gasteiger partial charge is 1.00 e. The van der Waals surface area contributed by atoms with Crippen LogP contribution in [0.3, 0.4) is 0 Å². The minimum atomic E-state index is -0.999. The molecule has 116 valence electrons. The van der Waals surface area contributed by atoms with Gasteiger partial charge in [-0.1, -0.05) is 56.5 Å². The number of aliphatic hydroxyl groups is 1. The monoisotopic (exact) mass is 312 g/mol.